The molecule has 0 aliphatic rings. The van der Waals surface area contributed by atoms with Crippen LogP contribution in [0.2, 0.25) is 0 Å². The Labute approximate surface area is 140 Å². The monoisotopic (exact) mass is 326 g/mol. The van der Waals surface area contributed by atoms with Crippen LogP contribution in [0.15, 0.2) is 67.0 Å². The van der Waals surface area contributed by atoms with Crippen molar-refractivity contribution in [3.63, 3.8) is 0 Å². The summed E-state index contributed by atoms with van der Waals surface area (Å²) in [6, 6.07) is 15.6. The molecule has 1 N–H and O–H groups in total. The highest BCUT2D eigenvalue weighted by atomic mass is 19.1. The predicted molar refractivity (Wildman–Crippen MR) is 89.0 cm³/mol. The van der Waals surface area contributed by atoms with Gasteiger partial charge in [0.2, 0.25) is 0 Å². The molecule has 1 unspecified atom stereocenters. The summed E-state index contributed by atoms with van der Waals surface area (Å²) < 4.78 is 21.2. The van der Waals surface area contributed by atoms with E-state index in [4.69, 9.17) is 4.74 Å². The summed E-state index contributed by atoms with van der Waals surface area (Å²) >= 11 is 0. The molecule has 1 heterocycles. The molecule has 0 radical (unpaired) electrons. The topological polar surface area (TPSA) is 47.3 Å². The molecule has 1 atom stereocenters. The van der Waals surface area contributed by atoms with Crippen LogP contribution in [-0.2, 0) is 12.3 Å². The largest absolute Gasteiger partial charge is 0.489 e. The zero-order valence-corrected chi connectivity index (χ0v) is 13.4. The Morgan fingerprint density at radius 2 is 1.96 bits per heavy atom. The number of hydrogen-bond acceptors (Lipinski definition) is 3. The van der Waals surface area contributed by atoms with Crippen LogP contribution < -0.4 is 4.74 Å². The Morgan fingerprint density at radius 1 is 1.17 bits per heavy atom. The van der Waals surface area contributed by atoms with E-state index >= 15 is 0 Å². The number of hydrogen-bond donors (Lipinski definition) is 1. The molecular formula is C19H19FN2O2. The van der Waals surface area contributed by atoms with Crippen molar-refractivity contribution in [2.75, 3.05) is 0 Å². The van der Waals surface area contributed by atoms with Crippen molar-refractivity contribution >= 4 is 0 Å². The Bertz CT molecular complexity index is 790. The third-order valence-electron chi connectivity index (χ3n) is 3.96. The minimum absolute atomic E-state index is 0.329. The van der Waals surface area contributed by atoms with Crippen LogP contribution in [0, 0.1) is 5.82 Å². The summed E-state index contributed by atoms with van der Waals surface area (Å²) in [5, 5.41) is 15.1. The van der Waals surface area contributed by atoms with Crippen LogP contribution in [0.4, 0.5) is 4.39 Å². The number of halogens is 1. The summed E-state index contributed by atoms with van der Waals surface area (Å²) in [5.74, 6) is -0.0949. The van der Waals surface area contributed by atoms with Gasteiger partial charge in [0.15, 0.2) is 5.72 Å². The lowest BCUT2D eigenvalue weighted by molar-refractivity contribution is -0.0110. The van der Waals surface area contributed by atoms with Gasteiger partial charge in [-0.3, -0.25) is 0 Å². The SMILES string of the molecule is CCC(O)(c1cc(F)cc(OCc2ccccc2)c1)n1cccn1. The van der Waals surface area contributed by atoms with Gasteiger partial charge < -0.3 is 9.84 Å². The van der Waals surface area contributed by atoms with Crippen LogP contribution in [0.5, 0.6) is 5.75 Å². The normalized spacial score (nSPS) is 13.5. The first-order chi connectivity index (χ1) is 11.6. The first-order valence-electron chi connectivity index (χ1n) is 7.82. The molecule has 0 bridgehead atoms. The van der Waals surface area contributed by atoms with Crippen molar-refractivity contribution in [2.45, 2.75) is 25.7 Å². The number of ether oxygens (including phenoxy) is 1. The molecule has 3 rings (SSSR count). The lowest BCUT2D eigenvalue weighted by atomic mass is 9.99. The van der Waals surface area contributed by atoms with Crippen LogP contribution >= 0.6 is 0 Å². The zero-order valence-electron chi connectivity index (χ0n) is 13.4. The van der Waals surface area contributed by atoms with Crippen molar-refractivity contribution < 1.29 is 14.2 Å². The van der Waals surface area contributed by atoms with E-state index in [1.807, 2.05) is 37.3 Å². The van der Waals surface area contributed by atoms with Gasteiger partial charge in [-0.25, -0.2) is 9.07 Å². The fourth-order valence-corrected chi connectivity index (χ4v) is 2.60. The fraction of sp³-hybridized carbons (Fsp3) is 0.211. The van der Waals surface area contributed by atoms with Gasteiger partial charge in [-0.2, -0.15) is 5.10 Å². The molecule has 0 fully saturated rings. The van der Waals surface area contributed by atoms with Gasteiger partial charge in [-0.15, -0.1) is 0 Å². The Kier molecular flexibility index (Phi) is 4.62. The van der Waals surface area contributed by atoms with E-state index in [0.29, 0.717) is 24.3 Å². The second-order valence-corrected chi connectivity index (χ2v) is 5.57. The van der Waals surface area contributed by atoms with Crippen LogP contribution in [0.1, 0.15) is 24.5 Å². The molecular weight excluding hydrogens is 307 g/mol. The summed E-state index contributed by atoms with van der Waals surface area (Å²) in [6.07, 6.45) is 3.57. The molecule has 0 saturated heterocycles. The number of nitrogens with zero attached hydrogens (tertiary/aromatic N) is 2. The summed E-state index contributed by atoms with van der Waals surface area (Å²) in [7, 11) is 0. The van der Waals surface area contributed by atoms with Crippen LogP contribution in [0.25, 0.3) is 0 Å². The first kappa shape index (κ1) is 16.2. The van der Waals surface area contributed by atoms with E-state index in [9.17, 15) is 9.50 Å². The van der Waals surface area contributed by atoms with Gasteiger partial charge in [-0.05, 0) is 30.2 Å². The molecule has 3 aromatic rings. The van der Waals surface area contributed by atoms with Crippen molar-refractivity contribution in [1.29, 1.82) is 0 Å². The van der Waals surface area contributed by atoms with Crippen molar-refractivity contribution in [3.8, 4) is 5.75 Å². The Morgan fingerprint density at radius 3 is 2.62 bits per heavy atom. The highest BCUT2D eigenvalue weighted by Crippen LogP contribution is 2.30. The molecule has 0 saturated carbocycles. The Balaban J connectivity index is 1.88. The standard InChI is InChI=1S/C19H19FN2O2/c1-2-19(23,22-10-6-9-21-22)16-11-17(20)13-18(12-16)24-14-15-7-4-3-5-8-15/h3-13,23H,2,14H2,1H3. The lowest BCUT2D eigenvalue weighted by Crippen LogP contribution is -2.34. The maximum absolute atomic E-state index is 14.0. The van der Waals surface area contributed by atoms with E-state index < -0.39 is 11.5 Å². The van der Waals surface area contributed by atoms with Gasteiger partial charge in [-0.1, -0.05) is 37.3 Å². The third-order valence-corrected chi connectivity index (χ3v) is 3.96. The molecule has 1 aromatic heterocycles. The molecule has 0 aliphatic heterocycles. The molecule has 0 spiro atoms. The van der Waals surface area contributed by atoms with Gasteiger partial charge in [0.25, 0.3) is 0 Å². The first-order valence-corrected chi connectivity index (χ1v) is 7.82. The van der Waals surface area contributed by atoms with Gasteiger partial charge in [0.05, 0.1) is 0 Å². The van der Waals surface area contributed by atoms with E-state index in [1.54, 1.807) is 24.5 Å². The number of rotatable bonds is 6. The second kappa shape index (κ2) is 6.84. The molecule has 2 aromatic carbocycles. The highest BCUT2D eigenvalue weighted by Gasteiger charge is 2.31. The van der Waals surface area contributed by atoms with Gasteiger partial charge >= 0.3 is 0 Å². The van der Waals surface area contributed by atoms with E-state index in [2.05, 4.69) is 5.10 Å². The zero-order chi connectivity index (χ0) is 17.0. The van der Waals surface area contributed by atoms with E-state index in [1.165, 1.54) is 16.8 Å². The van der Waals surface area contributed by atoms with Crippen LogP contribution in [0.3, 0.4) is 0 Å². The average molecular weight is 326 g/mol. The van der Waals surface area contributed by atoms with Crippen LogP contribution in [-0.4, -0.2) is 14.9 Å². The summed E-state index contributed by atoms with van der Waals surface area (Å²) in [5.41, 5.74) is -0.0332. The molecule has 5 heteroatoms. The predicted octanol–water partition coefficient (Wildman–Crippen LogP) is 3.70. The van der Waals surface area contributed by atoms with Crippen molar-refractivity contribution in [2.24, 2.45) is 0 Å². The quantitative estimate of drug-likeness (QED) is 0.751. The molecule has 124 valence electrons. The average Bonchev–Trinajstić information content (AvgIpc) is 3.15. The maximum atomic E-state index is 14.0. The summed E-state index contributed by atoms with van der Waals surface area (Å²) in [4.78, 5) is 0. The van der Waals surface area contributed by atoms with Crippen molar-refractivity contribution in [3.05, 3.63) is 83.9 Å². The number of benzene rings is 2. The minimum atomic E-state index is -1.42. The third kappa shape index (κ3) is 3.31. The van der Waals surface area contributed by atoms with Gasteiger partial charge in [0, 0.05) is 24.0 Å². The van der Waals surface area contributed by atoms with E-state index in [0.717, 1.165) is 5.56 Å². The van der Waals surface area contributed by atoms with E-state index in [-0.39, 0.29) is 0 Å². The number of aromatic nitrogens is 2. The minimum Gasteiger partial charge on any atom is -0.489 e. The maximum Gasteiger partial charge on any atom is 0.183 e. The lowest BCUT2D eigenvalue weighted by Gasteiger charge is -2.28. The molecule has 24 heavy (non-hydrogen) atoms. The molecule has 0 aliphatic carbocycles. The van der Waals surface area contributed by atoms with Gasteiger partial charge in [0.1, 0.15) is 18.2 Å². The second-order valence-electron chi connectivity index (χ2n) is 5.57. The fourth-order valence-electron chi connectivity index (χ4n) is 2.60. The Hall–Kier alpha value is -2.66. The smallest absolute Gasteiger partial charge is 0.183 e. The summed E-state index contributed by atoms with van der Waals surface area (Å²) in [6.45, 7) is 2.15. The molecule has 4 nitrogen and oxygen atoms in total. The molecule has 0 amide bonds. The number of aliphatic hydroxyl groups is 1. The highest BCUT2D eigenvalue weighted by molar-refractivity contribution is 5.33. The van der Waals surface area contributed by atoms with Crippen molar-refractivity contribution in [1.82, 2.24) is 9.78 Å².